The molecule has 2 aliphatic carbocycles. The molecule has 2 aromatic carbocycles. The van der Waals surface area contributed by atoms with Crippen molar-refractivity contribution in [3.63, 3.8) is 0 Å². The number of amides is 1. The minimum Gasteiger partial charge on any atom is -0.481 e. The maximum atomic E-state index is 14.7. The molecule has 6 nitrogen and oxygen atoms in total. The molecule has 2 fully saturated rings. The van der Waals surface area contributed by atoms with Gasteiger partial charge in [-0.15, -0.1) is 0 Å². The second-order valence-corrected chi connectivity index (χ2v) is 13.9. The number of sulfone groups is 1. The summed E-state index contributed by atoms with van der Waals surface area (Å²) in [5, 5.41) is 8.54. The van der Waals surface area contributed by atoms with E-state index in [1.165, 1.54) is 24.3 Å². The first-order valence-corrected chi connectivity index (χ1v) is 15.7. The Hall–Kier alpha value is -3.23. The summed E-state index contributed by atoms with van der Waals surface area (Å²) in [5.41, 5.74) is -7.61. The van der Waals surface area contributed by atoms with Gasteiger partial charge in [-0.25, -0.2) is 17.2 Å². The summed E-state index contributed by atoms with van der Waals surface area (Å²) in [6, 6.07) is 3.55. The molecular formula is C30H31F8NO5S. The number of alkyl halides is 7. The SMILES string of the molecule is Cc1ccc(S(=O)(=O)C23CCN(C=O)C2CCc2cc(C(F)(C(F)(F)F)C(F)(F)F)ccc23)cc1F.O=C(O)C1CCCCC1. The third-order valence-electron chi connectivity index (χ3n) is 9.13. The maximum Gasteiger partial charge on any atom is 0.435 e. The molecule has 248 valence electrons. The van der Waals surface area contributed by atoms with Crippen LogP contribution in [0.3, 0.4) is 0 Å². The number of fused-ring (bicyclic) bond motifs is 3. The molecule has 3 aliphatic rings. The van der Waals surface area contributed by atoms with Gasteiger partial charge in [0.05, 0.1) is 16.9 Å². The van der Waals surface area contributed by atoms with Crippen LogP contribution in [0.5, 0.6) is 0 Å². The van der Waals surface area contributed by atoms with E-state index in [1.807, 2.05) is 0 Å². The van der Waals surface area contributed by atoms with E-state index in [-0.39, 0.29) is 54.5 Å². The topological polar surface area (TPSA) is 91.8 Å². The van der Waals surface area contributed by atoms with E-state index < -0.39 is 60.9 Å². The molecule has 5 rings (SSSR count). The summed E-state index contributed by atoms with van der Waals surface area (Å²) in [6.45, 7) is 1.33. The first-order chi connectivity index (χ1) is 20.8. The number of nitrogens with zero attached hydrogens (tertiary/aromatic N) is 1. The quantitative estimate of drug-likeness (QED) is 0.276. The van der Waals surface area contributed by atoms with Crippen molar-refractivity contribution in [3.05, 3.63) is 64.5 Å². The lowest BCUT2D eigenvalue weighted by molar-refractivity contribution is -0.348. The number of likely N-dealkylation sites (tertiary alicyclic amines) is 1. The number of aryl methyl sites for hydroxylation is 2. The predicted molar refractivity (Wildman–Crippen MR) is 145 cm³/mol. The number of aliphatic carboxylic acids is 1. The number of hydrogen-bond donors (Lipinski definition) is 1. The highest BCUT2D eigenvalue weighted by molar-refractivity contribution is 7.92. The number of carbonyl (C=O) groups excluding carboxylic acids is 1. The van der Waals surface area contributed by atoms with Crippen LogP contribution in [-0.2, 0) is 36.3 Å². The third kappa shape index (κ3) is 5.80. The number of hydrogen-bond acceptors (Lipinski definition) is 4. The van der Waals surface area contributed by atoms with Gasteiger partial charge in [-0.05, 0) is 67.9 Å². The van der Waals surface area contributed by atoms with Crippen LogP contribution >= 0.6 is 0 Å². The van der Waals surface area contributed by atoms with Gasteiger partial charge in [-0.3, -0.25) is 9.59 Å². The fourth-order valence-corrected chi connectivity index (χ4v) is 9.08. The van der Waals surface area contributed by atoms with Gasteiger partial charge in [-0.2, -0.15) is 26.3 Å². The Morgan fingerprint density at radius 3 is 2.09 bits per heavy atom. The first-order valence-electron chi connectivity index (χ1n) is 14.2. The van der Waals surface area contributed by atoms with E-state index in [0.717, 1.165) is 43.9 Å². The van der Waals surface area contributed by atoms with Crippen LogP contribution in [0.4, 0.5) is 35.1 Å². The van der Waals surface area contributed by atoms with Gasteiger partial charge in [0.15, 0.2) is 9.84 Å². The van der Waals surface area contributed by atoms with Crippen molar-refractivity contribution >= 4 is 22.2 Å². The Balaban J connectivity index is 0.000000440. The molecule has 45 heavy (non-hydrogen) atoms. The van der Waals surface area contributed by atoms with Gasteiger partial charge in [0, 0.05) is 12.1 Å². The minimum atomic E-state index is -6.33. The van der Waals surface area contributed by atoms with Crippen molar-refractivity contribution in [2.45, 2.75) is 92.0 Å². The second kappa shape index (κ2) is 12.2. The summed E-state index contributed by atoms with van der Waals surface area (Å²) in [7, 11) is -4.54. The van der Waals surface area contributed by atoms with Crippen LogP contribution in [0.25, 0.3) is 0 Å². The summed E-state index contributed by atoms with van der Waals surface area (Å²) in [5.74, 6) is -1.47. The van der Waals surface area contributed by atoms with E-state index in [1.54, 1.807) is 0 Å². The molecule has 1 N–H and O–H groups in total. The second-order valence-electron chi connectivity index (χ2n) is 11.7. The first kappa shape index (κ1) is 34.6. The highest BCUT2D eigenvalue weighted by Crippen LogP contribution is 2.56. The van der Waals surface area contributed by atoms with Gasteiger partial charge in [-0.1, -0.05) is 43.5 Å². The molecule has 2 unspecified atom stereocenters. The Bertz CT molecular complexity index is 1540. The van der Waals surface area contributed by atoms with E-state index in [2.05, 4.69) is 0 Å². The van der Waals surface area contributed by atoms with Gasteiger partial charge in [0.25, 0.3) is 0 Å². The van der Waals surface area contributed by atoms with Gasteiger partial charge >= 0.3 is 24.0 Å². The Morgan fingerprint density at radius 1 is 0.956 bits per heavy atom. The molecule has 15 heteroatoms. The normalized spacial score (nSPS) is 22.6. The van der Waals surface area contributed by atoms with Crippen molar-refractivity contribution < 1.29 is 58.2 Å². The number of carboxylic acids is 1. The van der Waals surface area contributed by atoms with Gasteiger partial charge in [0.2, 0.25) is 6.41 Å². The zero-order chi connectivity index (χ0) is 33.6. The molecular weight excluding hydrogens is 638 g/mol. The fourth-order valence-electron chi connectivity index (χ4n) is 6.69. The Kier molecular flexibility index (Phi) is 9.37. The van der Waals surface area contributed by atoms with Crippen LogP contribution in [0.2, 0.25) is 0 Å². The maximum absolute atomic E-state index is 14.7. The van der Waals surface area contributed by atoms with E-state index >= 15 is 0 Å². The predicted octanol–water partition coefficient (Wildman–Crippen LogP) is 6.92. The largest absolute Gasteiger partial charge is 0.481 e. The molecule has 1 saturated carbocycles. The smallest absolute Gasteiger partial charge is 0.435 e. The van der Waals surface area contributed by atoms with E-state index in [9.17, 15) is 53.1 Å². The number of benzene rings is 2. The number of halogens is 8. The average Bonchev–Trinajstić information content (AvgIpc) is 3.38. The minimum absolute atomic E-state index is 0.0289. The molecule has 0 radical (unpaired) electrons. The third-order valence-corrected chi connectivity index (χ3v) is 11.7. The van der Waals surface area contributed by atoms with Crippen molar-refractivity contribution in [2.24, 2.45) is 5.92 Å². The number of carboxylic acid groups (broad SMARTS) is 1. The molecule has 0 spiro atoms. The summed E-state index contributed by atoms with van der Waals surface area (Å²) < 4.78 is 135. The molecule has 2 aromatic rings. The molecule has 1 heterocycles. The number of carbonyl (C=O) groups is 2. The number of rotatable bonds is 5. The molecule has 2 atom stereocenters. The lowest BCUT2D eigenvalue weighted by atomic mass is 9.77. The average molecular weight is 670 g/mol. The van der Waals surface area contributed by atoms with Crippen LogP contribution in [-0.4, -0.2) is 55.7 Å². The standard InChI is InChI=1S/C23H19F8NO3S.C7H12O2/c1-13-2-5-16(11-18(13)24)36(34,35)20-8-9-32(12-33)19(20)7-3-14-10-15(4-6-17(14)20)21(25,22(26,27)28)23(29,30)31;8-7(9)6-4-2-1-3-5-6/h2,4-6,10-12,19H,3,7-9H2,1H3;6H,1-5H2,(H,8,9). The lowest BCUT2D eigenvalue weighted by Gasteiger charge is -2.42. The van der Waals surface area contributed by atoms with Crippen molar-refractivity contribution in [1.82, 2.24) is 4.90 Å². The Morgan fingerprint density at radius 2 is 1.58 bits per heavy atom. The van der Waals surface area contributed by atoms with Gasteiger partial charge < -0.3 is 10.0 Å². The molecule has 0 aromatic heterocycles. The molecule has 0 bridgehead atoms. The fraction of sp³-hybridized carbons (Fsp3) is 0.533. The van der Waals surface area contributed by atoms with Crippen LogP contribution < -0.4 is 0 Å². The zero-order valence-electron chi connectivity index (χ0n) is 24.0. The molecule has 1 aliphatic heterocycles. The Labute approximate surface area is 254 Å². The monoisotopic (exact) mass is 669 g/mol. The summed E-state index contributed by atoms with van der Waals surface area (Å²) in [4.78, 5) is 22.8. The zero-order valence-corrected chi connectivity index (χ0v) is 24.8. The van der Waals surface area contributed by atoms with E-state index in [4.69, 9.17) is 5.11 Å². The van der Waals surface area contributed by atoms with Crippen LogP contribution in [0, 0.1) is 18.7 Å². The molecule has 1 amide bonds. The van der Waals surface area contributed by atoms with Crippen LogP contribution in [0.15, 0.2) is 41.3 Å². The lowest BCUT2D eigenvalue weighted by Crippen LogP contribution is -2.52. The summed E-state index contributed by atoms with van der Waals surface area (Å²) >= 11 is 0. The van der Waals surface area contributed by atoms with Crippen molar-refractivity contribution in [1.29, 1.82) is 0 Å². The van der Waals surface area contributed by atoms with Gasteiger partial charge in [0.1, 0.15) is 10.6 Å². The van der Waals surface area contributed by atoms with Crippen molar-refractivity contribution in [3.8, 4) is 0 Å². The van der Waals surface area contributed by atoms with E-state index in [0.29, 0.717) is 12.5 Å². The van der Waals surface area contributed by atoms with Crippen LogP contribution in [0.1, 0.15) is 67.2 Å². The molecule has 1 saturated heterocycles. The summed E-state index contributed by atoms with van der Waals surface area (Å²) in [6.07, 6.45) is -7.58. The highest BCUT2D eigenvalue weighted by atomic mass is 32.2. The highest BCUT2D eigenvalue weighted by Gasteiger charge is 2.73. The van der Waals surface area contributed by atoms with Crippen molar-refractivity contribution in [2.75, 3.05) is 6.54 Å².